The highest BCUT2D eigenvalue weighted by atomic mass is 31.2. The molecule has 0 radical (unpaired) electrons. The first-order chi connectivity index (χ1) is 57.4. The minimum atomic E-state index is 0.206. The molecule has 116 heavy (non-hydrogen) atoms. The first-order valence-electron chi connectivity index (χ1n) is 56.4. The smallest absolute Gasteiger partial charge is 0.00342 e. The minimum absolute atomic E-state index is 0.206. The van der Waals surface area contributed by atoms with E-state index in [1.54, 1.807) is 101 Å². The molecule has 0 aromatic rings. The first-order valence-corrected chi connectivity index (χ1v) is 63.5. The second kappa shape index (κ2) is 109. The summed E-state index contributed by atoms with van der Waals surface area (Å²) in [6.45, 7) is 24.3. The van der Waals surface area contributed by atoms with Crippen molar-refractivity contribution in [3.05, 3.63) is 0 Å². The van der Waals surface area contributed by atoms with E-state index in [0.717, 1.165) is 10.8 Å². The number of hydrogen-bond donors (Lipinski definition) is 0. The molecule has 0 atom stereocenters. The quantitative estimate of drug-likeness (QED) is 0.0421. The Hall–Kier alpha value is 1.72. The fourth-order valence-corrected chi connectivity index (χ4v) is 34.3. The van der Waals surface area contributed by atoms with E-state index in [1.807, 2.05) is 0 Å². The molecule has 0 saturated carbocycles. The highest BCUT2D eigenvalue weighted by Crippen LogP contribution is 2.61. The topological polar surface area (TPSA) is 0 Å². The van der Waals surface area contributed by atoms with Crippen LogP contribution in [-0.4, -0.2) is 60.1 Å². The summed E-state index contributed by atoms with van der Waals surface area (Å²) < 4.78 is 0. The lowest BCUT2D eigenvalue weighted by molar-refractivity contribution is 0.542. The lowest BCUT2D eigenvalue weighted by Crippen LogP contribution is -2.09. The molecular formula is C112H232P4. The predicted molar refractivity (Wildman–Crippen MR) is 556 cm³/mol. The van der Waals surface area contributed by atoms with E-state index in [4.69, 9.17) is 0 Å². The van der Waals surface area contributed by atoms with Crippen molar-refractivity contribution in [1.29, 1.82) is 0 Å². The van der Waals surface area contributed by atoms with Crippen LogP contribution in [0.15, 0.2) is 0 Å². The lowest BCUT2D eigenvalue weighted by atomic mass is 10.0. The van der Waals surface area contributed by atoms with Crippen molar-refractivity contribution < 1.29 is 0 Å². The van der Waals surface area contributed by atoms with E-state index in [0.29, 0.717) is 0 Å². The molecule has 0 N–H and O–H groups in total. The van der Waals surface area contributed by atoms with Gasteiger partial charge in [0.25, 0.3) is 0 Å². The van der Waals surface area contributed by atoms with Crippen molar-refractivity contribution in [2.24, 2.45) is 0 Å². The van der Waals surface area contributed by atoms with E-state index >= 15 is 0 Å². The van der Waals surface area contributed by atoms with E-state index in [9.17, 15) is 0 Å². The number of unbranched alkanes of at least 4 members (excludes halogenated alkanes) is 84. The standard InChI is InChI=1S/C62H128P2.C50H104P2/c1-6-10-14-18-22-26-30-34-38-42-46-50-54-58-63(59-55-51-47-43-39-35-31-27-23-19-15-11-7-2)62(5)64(60-56-52-48-44-40-36-32-28-24-20-16-12-8-3)61-57-53-49-45-41-37-33-29-25-21-17-13-9-4;1-6-10-14-18-22-26-30-34-38-42-46-51(47-43-39-35-31-27-23-19-15-11-7-2)50(5)52(48-44-40-36-32-28-24-20-16-12-8-3)49-45-41-37-33-29-25-21-17-13-9-4/h62H,6-61H2,1-5H3;50H,6-49H2,1-5H3. The third-order valence-corrected chi connectivity index (χ3v) is 42.8. The Morgan fingerprint density at radius 1 is 0.0948 bits per heavy atom. The Labute approximate surface area is 746 Å². The van der Waals surface area contributed by atoms with Gasteiger partial charge < -0.3 is 0 Å². The molecule has 0 fully saturated rings. The van der Waals surface area contributed by atoms with Crippen molar-refractivity contribution in [2.75, 3.05) is 49.3 Å². The maximum atomic E-state index is 2.83. The molecule has 0 aromatic carbocycles. The zero-order valence-electron chi connectivity index (χ0n) is 83.7. The van der Waals surface area contributed by atoms with Crippen LogP contribution in [0.1, 0.15) is 660 Å². The van der Waals surface area contributed by atoms with Crippen molar-refractivity contribution >= 4 is 31.7 Å². The monoisotopic (exact) mass is 1700 g/mol. The van der Waals surface area contributed by atoms with Gasteiger partial charge in [-0.25, -0.2) is 0 Å². The average Bonchev–Trinajstić information content (AvgIpc) is 0.895. The van der Waals surface area contributed by atoms with Crippen molar-refractivity contribution in [3.8, 4) is 0 Å². The largest absolute Gasteiger partial charge is 0.0994 e. The van der Waals surface area contributed by atoms with Gasteiger partial charge in [-0.15, -0.1) is 0 Å². The Kier molecular flexibility index (Phi) is 113. The van der Waals surface area contributed by atoms with Gasteiger partial charge in [0.05, 0.1) is 0 Å². The highest BCUT2D eigenvalue weighted by molar-refractivity contribution is 7.76. The third kappa shape index (κ3) is 96.4. The summed E-state index contributed by atoms with van der Waals surface area (Å²) in [5, 5.41) is 2.13. The predicted octanol–water partition coefficient (Wildman–Crippen LogP) is 44.6. The zero-order valence-corrected chi connectivity index (χ0v) is 87.2. The van der Waals surface area contributed by atoms with Crippen LogP contribution in [-0.2, 0) is 0 Å². The van der Waals surface area contributed by atoms with Crippen LogP contribution >= 0.6 is 31.7 Å². The summed E-state index contributed by atoms with van der Waals surface area (Å²) in [6.07, 6.45) is 150. The van der Waals surface area contributed by atoms with E-state index in [-0.39, 0.29) is 31.7 Å². The molecule has 0 amide bonds. The summed E-state index contributed by atoms with van der Waals surface area (Å²) in [5.74, 6) is 0. The van der Waals surface area contributed by atoms with Gasteiger partial charge in [0.1, 0.15) is 0 Å². The fraction of sp³-hybridized carbons (Fsp3) is 1.00. The van der Waals surface area contributed by atoms with Gasteiger partial charge in [-0.2, -0.15) is 0 Å². The Morgan fingerprint density at radius 3 is 0.224 bits per heavy atom. The molecule has 0 rings (SSSR count). The van der Waals surface area contributed by atoms with Crippen LogP contribution in [0, 0.1) is 0 Å². The molecular weight excluding hydrogens is 1470 g/mol. The van der Waals surface area contributed by atoms with Crippen LogP contribution in [0.5, 0.6) is 0 Å². The number of hydrogen-bond acceptors (Lipinski definition) is 0. The number of rotatable bonds is 104. The summed E-state index contributed by atoms with van der Waals surface area (Å²) in [4.78, 5) is 0. The van der Waals surface area contributed by atoms with E-state index < -0.39 is 0 Å². The molecule has 0 aliphatic heterocycles. The van der Waals surface area contributed by atoms with Gasteiger partial charge >= 0.3 is 0 Å². The summed E-state index contributed by atoms with van der Waals surface area (Å²) in [7, 11) is 0.857. The molecule has 0 saturated heterocycles. The Morgan fingerprint density at radius 2 is 0.155 bits per heavy atom. The lowest BCUT2D eigenvalue weighted by Gasteiger charge is -2.33. The van der Waals surface area contributed by atoms with Gasteiger partial charge in [-0.3, -0.25) is 0 Å². The van der Waals surface area contributed by atoms with E-state index in [2.05, 4.69) is 69.2 Å². The first kappa shape index (κ1) is 120. The van der Waals surface area contributed by atoms with Gasteiger partial charge in [0, 0.05) is 0 Å². The van der Waals surface area contributed by atoms with Crippen molar-refractivity contribution in [3.63, 3.8) is 0 Å². The Bertz CT molecular complexity index is 1430. The third-order valence-electron chi connectivity index (χ3n) is 27.5. The van der Waals surface area contributed by atoms with E-state index in [1.165, 1.54) is 539 Å². The fourth-order valence-electron chi connectivity index (χ4n) is 18.9. The van der Waals surface area contributed by atoms with Gasteiger partial charge in [-0.05, 0) is 111 Å². The van der Waals surface area contributed by atoms with Gasteiger partial charge in [-0.1, -0.05) is 640 Å². The molecule has 0 nitrogen and oxygen atoms in total. The van der Waals surface area contributed by atoms with Crippen molar-refractivity contribution in [1.82, 2.24) is 0 Å². The second-order valence-corrected chi connectivity index (χ2v) is 51.3. The summed E-state index contributed by atoms with van der Waals surface area (Å²) in [6, 6.07) is 0. The SMILES string of the molecule is CCCCCCCCCCCCCCCP(CCCCCCCCCCCCCCC)C(C)P(CCCCCCCCCCCCCCC)CCCCCCCCCCCCCCC.CCCCCCCCCCCCP(CCCCCCCCCCCC)C(C)P(CCCCCCCCCCCC)CCCCCCCCCCCC. The molecule has 0 heterocycles. The van der Waals surface area contributed by atoms with Gasteiger partial charge in [0.2, 0.25) is 0 Å². The molecule has 700 valence electrons. The molecule has 0 bridgehead atoms. The zero-order chi connectivity index (χ0) is 84.2. The normalized spacial score (nSPS) is 12.0. The van der Waals surface area contributed by atoms with Crippen LogP contribution in [0.25, 0.3) is 0 Å². The average molecular weight is 1700 g/mol. The molecule has 0 unspecified atom stereocenters. The Balaban J connectivity index is 0. The van der Waals surface area contributed by atoms with Crippen molar-refractivity contribution in [2.45, 2.75) is 671 Å². The maximum absolute atomic E-state index is 2.83. The molecule has 0 spiro atoms. The maximum Gasteiger partial charge on any atom is -0.00342 e. The molecule has 4 heteroatoms. The van der Waals surface area contributed by atoms with Gasteiger partial charge in [0.15, 0.2) is 0 Å². The highest BCUT2D eigenvalue weighted by Gasteiger charge is 2.26. The molecule has 0 aliphatic carbocycles. The van der Waals surface area contributed by atoms with Crippen LogP contribution in [0.3, 0.4) is 0 Å². The van der Waals surface area contributed by atoms with Crippen LogP contribution in [0.2, 0.25) is 0 Å². The molecule has 0 aliphatic rings. The van der Waals surface area contributed by atoms with Crippen LogP contribution < -0.4 is 0 Å². The second-order valence-electron chi connectivity index (χ2n) is 39.1. The summed E-state index contributed by atoms with van der Waals surface area (Å²) in [5.41, 5.74) is 0. The molecule has 0 aromatic heterocycles. The minimum Gasteiger partial charge on any atom is -0.0994 e. The summed E-state index contributed by atoms with van der Waals surface area (Å²) >= 11 is 0. The van der Waals surface area contributed by atoms with Crippen LogP contribution in [0.4, 0.5) is 0 Å².